The van der Waals surface area contributed by atoms with Gasteiger partial charge in [-0.25, -0.2) is 4.90 Å². The molecule has 7 rings (SSSR count). The first-order valence-corrected chi connectivity index (χ1v) is 18.5. The van der Waals surface area contributed by atoms with E-state index in [1.165, 1.54) is 16.0 Å². The summed E-state index contributed by atoms with van der Waals surface area (Å²) in [5, 5.41) is 0. The number of hydrogen-bond acceptors (Lipinski definition) is 6. The van der Waals surface area contributed by atoms with E-state index in [9.17, 15) is 19.2 Å². The Morgan fingerprint density at radius 2 is 1.04 bits per heavy atom. The van der Waals surface area contributed by atoms with Gasteiger partial charge in [0, 0.05) is 12.8 Å². The van der Waals surface area contributed by atoms with Crippen LogP contribution in [0.3, 0.4) is 0 Å². The van der Waals surface area contributed by atoms with Gasteiger partial charge in [0.25, 0.3) is 11.8 Å². The van der Waals surface area contributed by atoms with Crippen molar-refractivity contribution < 1.29 is 28.7 Å². The van der Waals surface area contributed by atoms with Crippen LogP contribution >= 0.6 is 0 Å². The molecule has 0 radical (unpaired) electrons. The minimum Gasteiger partial charge on any atom is -0.494 e. The molecule has 0 N–H and O–H groups in total. The Morgan fingerprint density at radius 1 is 0.569 bits per heavy atom. The summed E-state index contributed by atoms with van der Waals surface area (Å²) < 4.78 is 12.3. The Kier molecular flexibility index (Phi) is 10.2. The fraction of sp³-hybridized carbons (Fsp3) is 0.364. The highest BCUT2D eigenvalue weighted by Crippen LogP contribution is 2.51. The van der Waals surface area contributed by atoms with Crippen LogP contribution in [0.5, 0.6) is 11.5 Å². The van der Waals surface area contributed by atoms with E-state index in [2.05, 4.69) is 24.3 Å². The molecule has 1 heterocycles. The van der Waals surface area contributed by atoms with Crippen LogP contribution in [0.1, 0.15) is 108 Å². The van der Waals surface area contributed by atoms with Crippen LogP contribution in [0.2, 0.25) is 0 Å². The molecule has 2 aliphatic carbocycles. The van der Waals surface area contributed by atoms with Gasteiger partial charge in [0.05, 0.1) is 30.0 Å². The van der Waals surface area contributed by atoms with Crippen LogP contribution in [0.15, 0.2) is 66.7 Å². The van der Waals surface area contributed by atoms with Gasteiger partial charge >= 0.3 is 0 Å². The van der Waals surface area contributed by atoms with E-state index < -0.39 is 0 Å². The third-order valence-corrected chi connectivity index (χ3v) is 10.4. The summed E-state index contributed by atoms with van der Waals surface area (Å²) in [7, 11) is 0. The van der Waals surface area contributed by atoms with E-state index in [0.29, 0.717) is 55.7 Å². The molecule has 2 amide bonds. The minimum absolute atomic E-state index is 0.225. The van der Waals surface area contributed by atoms with E-state index in [0.717, 1.165) is 96.2 Å². The lowest BCUT2D eigenvalue weighted by Crippen LogP contribution is -2.29. The van der Waals surface area contributed by atoms with Crippen molar-refractivity contribution in [1.82, 2.24) is 0 Å². The van der Waals surface area contributed by atoms with Crippen molar-refractivity contribution in [1.29, 1.82) is 0 Å². The maximum atomic E-state index is 14.3. The first-order valence-electron chi connectivity index (χ1n) is 18.5. The SMILES string of the molecule is CC(=O)CCCCCOc1ccc2c(c1)CCc1c3c(c4c(c1-2)-c1ccc(OCCCCCC(C)=O)cc1CC4)C(=O)N(c1ccccc1)C3=O. The normalized spacial score (nSPS) is 14.0. The van der Waals surface area contributed by atoms with Gasteiger partial charge in [-0.3, -0.25) is 9.59 Å². The summed E-state index contributed by atoms with van der Waals surface area (Å²) in [5.41, 5.74) is 10.2. The summed E-state index contributed by atoms with van der Waals surface area (Å²) in [5.74, 6) is 1.61. The van der Waals surface area contributed by atoms with Gasteiger partial charge in [-0.1, -0.05) is 30.3 Å². The van der Waals surface area contributed by atoms with Gasteiger partial charge < -0.3 is 19.1 Å². The fourth-order valence-corrected chi connectivity index (χ4v) is 7.97. The molecule has 0 unspecified atom stereocenters. The summed E-state index contributed by atoms with van der Waals surface area (Å²) in [6.07, 6.45) is 9.46. The number of carbonyl (C=O) groups is 4. The largest absolute Gasteiger partial charge is 0.494 e. The Bertz CT molecular complexity index is 1890. The molecule has 51 heavy (non-hydrogen) atoms. The lowest BCUT2D eigenvalue weighted by molar-refractivity contribution is -0.118. The second-order valence-electron chi connectivity index (χ2n) is 14.1. The van der Waals surface area contributed by atoms with Gasteiger partial charge in [-0.2, -0.15) is 0 Å². The number of rotatable bonds is 15. The highest BCUT2D eigenvalue weighted by molar-refractivity contribution is 6.36. The van der Waals surface area contributed by atoms with Gasteiger partial charge in [0.2, 0.25) is 0 Å². The molecule has 0 atom stereocenters. The summed E-state index contributed by atoms with van der Waals surface area (Å²) >= 11 is 0. The predicted molar refractivity (Wildman–Crippen MR) is 199 cm³/mol. The molecule has 1 aliphatic heterocycles. The lowest BCUT2D eigenvalue weighted by Gasteiger charge is -2.31. The average Bonchev–Trinajstić information content (AvgIpc) is 3.40. The summed E-state index contributed by atoms with van der Waals surface area (Å²) in [6, 6.07) is 21.8. The number of carbonyl (C=O) groups excluding carboxylic acids is 4. The van der Waals surface area contributed by atoms with Crippen LogP contribution in [-0.2, 0) is 35.3 Å². The Labute approximate surface area is 300 Å². The van der Waals surface area contributed by atoms with Crippen molar-refractivity contribution in [2.24, 2.45) is 0 Å². The van der Waals surface area contributed by atoms with Gasteiger partial charge in [-0.15, -0.1) is 0 Å². The van der Waals surface area contributed by atoms with Gasteiger partial charge in [0.15, 0.2) is 0 Å². The van der Waals surface area contributed by atoms with E-state index in [1.807, 2.05) is 42.5 Å². The maximum absolute atomic E-state index is 14.3. The molecule has 0 spiro atoms. The zero-order valence-corrected chi connectivity index (χ0v) is 29.6. The number of aryl methyl sites for hydroxylation is 2. The van der Waals surface area contributed by atoms with Crippen LogP contribution < -0.4 is 14.4 Å². The molecular weight excluding hydrogens is 638 g/mol. The van der Waals surface area contributed by atoms with E-state index in [-0.39, 0.29) is 23.4 Å². The van der Waals surface area contributed by atoms with E-state index >= 15 is 0 Å². The molecule has 0 saturated carbocycles. The first kappa shape index (κ1) is 34.4. The topological polar surface area (TPSA) is 90.0 Å². The molecule has 0 aromatic heterocycles. The molecule has 4 aromatic carbocycles. The highest BCUT2D eigenvalue weighted by atomic mass is 16.5. The number of fused-ring (bicyclic) bond motifs is 10. The highest BCUT2D eigenvalue weighted by Gasteiger charge is 2.44. The van der Waals surface area contributed by atoms with Crippen molar-refractivity contribution in [3.8, 4) is 33.8 Å². The number of amides is 2. The monoisotopic (exact) mass is 683 g/mol. The minimum atomic E-state index is -0.244. The van der Waals surface area contributed by atoms with E-state index in [1.54, 1.807) is 13.8 Å². The van der Waals surface area contributed by atoms with Crippen molar-refractivity contribution in [2.75, 3.05) is 18.1 Å². The smallest absolute Gasteiger partial charge is 0.266 e. The first-order chi connectivity index (χ1) is 24.8. The summed E-state index contributed by atoms with van der Waals surface area (Å²) in [6.45, 7) is 4.46. The van der Waals surface area contributed by atoms with Crippen LogP contribution in [0.4, 0.5) is 5.69 Å². The third-order valence-electron chi connectivity index (χ3n) is 10.4. The number of para-hydroxylation sites is 1. The number of Topliss-reactive ketones (excluding diaryl/α,β-unsaturated/α-hetero) is 2. The van der Waals surface area contributed by atoms with Crippen molar-refractivity contribution in [3.63, 3.8) is 0 Å². The standard InChI is InChI=1S/C44H45NO6/c1-28(46)12-6-4-10-24-50-33-18-22-35-30(26-33)16-20-37-39(35)40-36-23-19-34(51-25-11-5-7-13-29(2)47)27-31(36)17-21-38(40)42-41(37)43(48)45(44(42)49)32-14-8-3-9-15-32/h3,8-9,14-15,18-19,22-23,26-27H,4-7,10-13,16-17,20-21,24-25H2,1-2H3. The van der Waals surface area contributed by atoms with Crippen molar-refractivity contribution in [2.45, 2.75) is 90.9 Å². The number of ether oxygens (including phenoxy) is 2. The molecule has 0 fully saturated rings. The molecule has 7 heteroatoms. The molecule has 0 saturated heterocycles. The van der Waals surface area contributed by atoms with Gasteiger partial charge in [0.1, 0.15) is 23.1 Å². The van der Waals surface area contributed by atoms with Crippen LogP contribution in [0.25, 0.3) is 22.3 Å². The molecular formula is C44H45NO6. The predicted octanol–water partition coefficient (Wildman–Crippen LogP) is 9.07. The van der Waals surface area contributed by atoms with Crippen LogP contribution in [-0.4, -0.2) is 36.6 Å². The van der Waals surface area contributed by atoms with Crippen molar-refractivity contribution in [3.05, 3.63) is 100 Å². The van der Waals surface area contributed by atoms with Gasteiger partial charge in [-0.05, 0) is 159 Å². The number of unbranched alkanes of at least 4 members (excludes halogenated alkanes) is 4. The average molecular weight is 684 g/mol. The maximum Gasteiger partial charge on any atom is 0.266 e. The Morgan fingerprint density at radius 3 is 1.49 bits per heavy atom. The third kappa shape index (κ3) is 6.99. The van der Waals surface area contributed by atoms with Crippen LogP contribution in [0, 0.1) is 0 Å². The molecule has 262 valence electrons. The molecule has 7 nitrogen and oxygen atoms in total. The molecule has 0 bridgehead atoms. The molecule has 3 aliphatic rings. The lowest BCUT2D eigenvalue weighted by atomic mass is 9.72. The number of nitrogens with zero attached hydrogens (tertiary/aromatic N) is 1. The van der Waals surface area contributed by atoms with E-state index in [4.69, 9.17) is 9.47 Å². The number of anilines is 1. The quantitative estimate of drug-likeness (QED) is 0.0918. The van der Waals surface area contributed by atoms with Crippen molar-refractivity contribution >= 4 is 29.1 Å². The zero-order chi connectivity index (χ0) is 35.5. The fourth-order valence-electron chi connectivity index (χ4n) is 7.97. The Hall–Kier alpha value is -5.04. The Balaban J connectivity index is 1.24. The zero-order valence-electron chi connectivity index (χ0n) is 29.6. The second-order valence-corrected chi connectivity index (χ2v) is 14.1. The number of hydrogen-bond donors (Lipinski definition) is 0. The number of benzene rings is 4. The number of ketones is 2. The summed E-state index contributed by atoms with van der Waals surface area (Å²) in [4.78, 5) is 52.5. The second kappa shape index (κ2) is 15.1. The number of imide groups is 1. The molecule has 4 aromatic rings.